The number of alkyl halides is 1. The van der Waals surface area contributed by atoms with E-state index in [0.29, 0.717) is 13.0 Å². The zero-order valence-electron chi connectivity index (χ0n) is 7.18. The van der Waals surface area contributed by atoms with E-state index < -0.39 is 0 Å². The van der Waals surface area contributed by atoms with Gasteiger partial charge in [0.2, 0.25) is 0 Å². The van der Waals surface area contributed by atoms with E-state index in [1.54, 1.807) is 6.20 Å². The van der Waals surface area contributed by atoms with E-state index in [1.165, 1.54) is 0 Å². The summed E-state index contributed by atoms with van der Waals surface area (Å²) >= 11 is 0. The first-order valence-electron chi connectivity index (χ1n) is 4.06. The van der Waals surface area contributed by atoms with E-state index in [-0.39, 0.29) is 6.67 Å². The summed E-state index contributed by atoms with van der Waals surface area (Å²) in [5.41, 5.74) is 1.09. The first kappa shape index (κ1) is 8.97. The third-order valence-electron chi connectivity index (χ3n) is 1.61. The van der Waals surface area contributed by atoms with Crippen LogP contribution in [0.1, 0.15) is 12.0 Å². The molecule has 0 spiro atoms. The van der Waals surface area contributed by atoms with Gasteiger partial charge in [0.15, 0.2) is 0 Å². The van der Waals surface area contributed by atoms with Crippen LogP contribution in [0, 0.1) is 6.92 Å². The summed E-state index contributed by atoms with van der Waals surface area (Å²) in [6.45, 7) is 2.35. The Morgan fingerprint density at radius 2 is 2.42 bits per heavy atom. The lowest BCUT2D eigenvalue weighted by Crippen LogP contribution is -2.04. The fraction of sp³-hybridized carbons (Fsp3) is 0.444. The molecule has 0 radical (unpaired) electrons. The van der Waals surface area contributed by atoms with Crippen LogP contribution in [-0.2, 0) is 0 Å². The number of hydrogen-bond acceptors (Lipinski definition) is 2. The molecule has 0 fully saturated rings. The Hall–Kier alpha value is -1.12. The van der Waals surface area contributed by atoms with Crippen LogP contribution < -0.4 is 5.32 Å². The first-order chi connectivity index (χ1) is 5.84. The second-order valence-corrected chi connectivity index (χ2v) is 2.64. The van der Waals surface area contributed by atoms with Crippen molar-refractivity contribution in [2.75, 3.05) is 18.5 Å². The summed E-state index contributed by atoms with van der Waals surface area (Å²) < 4.78 is 11.7. The van der Waals surface area contributed by atoms with Crippen LogP contribution in [-0.4, -0.2) is 18.2 Å². The summed E-state index contributed by atoms with van der Waals surface area (Å²) in [6, 6.07) is 3.86. The topological polar surface area (TPSA) is 24.9 Å². The highest BCUT2D eigenvalue weighted by atomic mass is 19.1. The Morgan fingerprint density at radius 1 is 1.58 bits per heavy atom. The Kier molecular flexibility index (Phi) is 3.51. The molecule has 3 heteroatoms. The molecular weight excluding hydrogens is 155 g/mol. The summed E-state index contributed by atoms with van der Waals surface area (Å²) in [5, 5.41) is 3.06. The highest BCUT2D eigenvalue weighted by molar-refractivity contribution is 5.42. The second kappa shape index (κ2) is 4.70. The van der Waals surface area contributed by atoms with Crippen molar-refractivity contribution in [2.45, 2.75) is 13.3 Å². The molecule has 2 nitrogen and oxygen atoms in total. The molecule has 0 aliphatic carbocycles. The lowest BCUT2D eigenvalue weighted by molar-refractivity contribution is 0.481. The minimum atomic E-state index is -0.279. The zero-order chi connectivity index (χ0) is 8.81. The molecule has 1 aromatic rings. The van der Waals surface area contributed by atoms with Gasteiger partial charge in [0.1, 0.15) is 5.82 Å². The van der Waals surface area contributed by atoms with Gasteiger partial charge in [-0.3, -0.25) is 4.39 Å². The van der Waals surface area contributed by atoms with Crippen LogP contribution in [0.25, 0.3) is 0 Å². The molecule has 66 valence electrons. The standard InChI is InChI=1S/C9H13FN2/c1-8-4-2-6-11-9(8)12-7-3-5-10/h2,4,6H,3,5,7H2,1H3,(H,11,12). The molecule has 12 heavy (non-hydrogen) atoms. The molecule has 0 saturated carbocycles. The average Bonchev–Trinajstić information content (AvgIpc) is 2.09. The highest BCUT2D eigenvalue weighted by Gasteiger charge is 1.95. The van der Waals surface area contributed by atoms with Crippen LogP contribution in [0.5, 0.6) is 0 Å². The fourth-order valence-electron chi connectivity index (χ4n) is 0.944. The minimum absolute atomic E-state index is 0.279. The molecule has 1 rings (SSSR count). The molecule has 0 amide bonds. The molecule has 0 unspecified atom stereocenters. The molecule has 1 heterocycles. The maximum Gasteiger partial charge on any atom is 0.128 e. The van der Waals surface area contributed by atoms with Crippen molar-refractivity contribution in [3.63, 3.8) is 0 Å². The number of anilines is 1. The Bertz CT molecular complexity index is 238. The number of aryl methyl sites for hydroxylation is 1. The van der Waals surface area contributed by atoms with Gasteiger partial charge >= 0.3 is 0 Å². The summed E-state index contributed by atoms with van der Waals surface area (Å²) in [4.78, 5) is 4.12. The third-order valence-corrected chi connectivity index (χ3v) is 1.61. The van der Waals surface area contributed by atoms with Crippen LogP contribution in [0.4, 0.5) is 10.2 Å². The van der Waals surface area contributed by atoms with Crippen molar-refractivity contribution in [3.05, 3.63) is 23.9 Å². The third kappa shape index (κ3) is 2.49. The largest absolute Gasteiger partial charge is 0.370 e. The Balaban J connectivity index is 2.46. The molecule has 0 aliphatic heterocycles. The number of pyridine rings is 1. The first-order valence-corrected chi connectivity index (χ1v) is 4.06. The average molecular weight is 168 g/mol. The number of halogens is 1. The van der Waals surface area contributed by atoms with Gasteiger partial charge in [-0.25, -0.2) is 4.98 Å². The number of aromatic nitrogens is 1. The van der Waals surface area contributed by atoms with Gasteiger partial charge in [-0.15, -0.1) is 0 Å². The van der Waals surface area contributed by atoms with Crippen LogP contribution in [0.15, 0.2) is 18.3 Å². The molecule has 0 bridgehead atoms. The van der Waals surface area contributed by atoms with E-state index in [0.717, 1.165) is 11.4 Å². The predicted octanol–water partition coefficient (Wildman–Crippen LogP) is 2.16. The van der Waals surface area contributed by atoms with Gasteiger partial charge in [0.25, 0.3) is 0 Å². The molecule has 0 aromatic carbocycles. The minimum Gasteiger partial charge on any atom is -0.370 e. The van der Waals surface area contributed by atoms with E-state index in [1.807, 2.05) is 19.1 Å². The van der Waals surface area contributed by atoms with Crippen molar-refractivity contribution in [3.8, 4) is 0 Å². The van der Waals surface area contributed by atoms with Gasteiger partial charge < -0.3 is 5.32 Å². The van der Waals surface area contributed by atoms with Crippen molar-refractivity contribution in [1.29, 1.82) is 0 Å². The number of nitrogens with one attached hydrogen (secondary N) is 1. The van der Waals surface area contributed by atoms with Gasteiger partial charge in [-0.1, -0.05) is 6.07 Å². The van der Waals surface area contributed by atoms with E-state index in [2.05, 4.69) is 10.3 Å². The Morgan fingerprint density at radius 3 is 3.08 bits per heavy atom. The van der Waals surface area contributed by atoms with E-state index in [4.69, 9.17) is 0 Å². The van der Waals surface area contributed by atoms with Crippen molar-refractivity contribution in [1.82, 2.24) is 4.98 Å². The smallest absolute Gasteiger partial charge is 0.128 e. The number of hydrogen-bond donors (Lipinski definition) is 1. The maximum absolute atomic E-state index is 11.7. The van der Waals surface area contributed by atoms with Crippen molar-refractivity contribution in [2.24, 2.45) is 0 Å². The van der Waals surface area contributed by atoms with E-state index in [9.17, 15) is 4.39 Å². The van der Waals surface area contributed by atoms with Crippen LogP contribution >= 0.6 is 0 Å². The molecule has 0 saturated heterocycles. The van der Waals surface area contributed by atoms with Gasteiger partial charge in [0, 0.05) is 12.7 Å². The molecular formula is C9H13FN2. The van der Waals surface area contributed by atoms with Gasteiger partial charge in [-0.05, 0) is 25.0 Å². The molecule has 0 aliphatic rings. The van der Waals surface area contributed by atoms with Gasteiger partial charge in [-0.2, -0.15) is 0 Å². The quantitative estimate of drug-likeness (QED) is 0.697. The number of rotatable bonds is 4. The zero-order valence-corrected chi connectivity index (χ0v) is 7.18. The predicted molar refractivity (Wildman–Crippen MR) is 48.1 cm³/mol. The molecule has 1 N–H and O–H groups in total. The molecule has 0 atom stereocenters. The maximum atomic E-state index is 11.7. The lowest BCUT2D eigenvalue weighted by atomic mass is 10.3. The fourth-order valence-corrected chi connectivity index (χ4v) is 0.944. The monoisotopic (exact) mass is 168 g/mol. The number of nitrogens with zero attached hydrogens (tertiary/aromatic N) is 1. The Labute approximate surface area is 71.8 Å². The van der Waals surface area contributed by atoms with E-state index >= 15 is 0 Å². The molecule has 1 aromatic heterocycles. The normalized spacial score (nSPS) is 9.83. The SMILES string of the molecule is Cc1cccnc1NCCCF. The van der Waals surface area contributed by atoms with Crippen LogP contribution in [0.2, 0.25) is 0 Å². The summed E-state index contributed by atoms with van der Waals surface area (Å²) in [5.74, 6) is 0.853. The van der Waals surface area contributed by atoms with Crippen molar-refractivity contribution < 1.29 is 4.39 Å². The highest BCUT2D eigenvalue weighted by Crippen LogP contribution is 2.08. The van der Waals surface area contributed by atoms with Crippen LogP contribution in [0.3, 0.4) is 0 Å². The van der Waals surface area contributed by atoms with Crippen molar-refractivity contribution >= 4 is 5.82 Å². The second-order valence-electron chi connectivity index (χ2n) is 2.64. The summed E-state index contributed by atoms with van der Waals surface area (Å²) in [6.07, 6.45) is 2.26. The summed E-state index contributed by atoms with van der Waals surface area (Å²) in [7, 11) is 0. The van der Waals surface area contributed by atoms with Gasteiger partial charge in [0.05, 0.1) is 6.67 Å². The lowest BCUT2D eigenvalue weighted by Gasteiger charge is -2.05.